The van der Waals surface area contributed by atoms with E-state index in [2.05, 4.69) is 25.3 Å². The molecule has 0 radical (unpaired) electrons. The van der Waals surface area contributed by atoms with E-state index in [0.717, 1.165) is 24.1 Å². The van der Waals surface area contributed by atoms with E-state index in [1.807, 2.05) is 6.07 Å². The molecule has 2 fully saturated rings. The minimum Gasteiger partial charge on any atom is -0.496 e. The van der Waals surface area contributed by atoms with Crippen molar-refractivity contribution in [3.8, 4) is 5.75 Å². The van der Waals surface area contributed by atoms with Gasteiger partial charge >= 0.3 is 0 Å². The molecule has 1 N–H and O–H groups in total. The van der Waals surface area contributed by atoms with Gasteiger partial charge in [0.2, 0.25) is 11.7 Å². The Kier molecular flexibility index (Phi) is 5.91. The maximum atomic E-state index is 13.8. The molecule has 9 nitrogen and oxygen atoms in total. The molecular weight excluding hydrogens is 441 g/mol. The number of rotatable bonds is 7. The van der Waals surface area contributed by atoms with Crippen LogP contribution in [0.15, 0.2) is 41.1 Å². The van der Waals surface area contributed by atoms with Gasteiger partial charge in [0.15, 0.2) is 0 Å². The molecule has 3 heterocycles. The number of amides is 1. The van der Waals surface area contributed by atoms with Crippen LogP contribution in [0.2, 0.25) is 0 Å². The summed E-state index contributed by atoms with van der Waals surface area (Å²) in [5, 5.41) is 7.08. The molecule has 0 bridgehead atoms. The molecule has 34 heavy (non-hydrogen) atoms. The summed E-state index contributed by atoms with van der Waals surface area (Å²) in [4.78, 5) is 23.8. The summed E-state index contributed by atoms with van der Waals surface area (Å²) in [6.07, 6.45) is 3.44. The number of halogens is 1. The quantitative estimate of drug-likeness (QED) is 0.566. The van der Waals surface area contributed by atoms with Crippen LogP contribution in [-0.2, 0) is 11.2 Å². The van der Waals surface area contributed by atoms with E-state index in [1.165, 1.54) is 12.1 Å². The lowest BCUT2D eigenvalue weighted by atomic mass is 10.0. The first kappa shape index (κ1) is 22.3. The second-order valence-corrected chi connectivity index (χ2v) is 8.74. The number of ether oxygens (including phenoxy) is 2. The number of morpholine rings is 1. The van der Waals surface area contributed by atoms with Crippen molar-refractivity contribution in [1.82, 2.24) is 20.4 Å². The highest BCUT2D eigenvalue weighted by Gasteiger charge is 2.45. The summed E-state index contributed by atoms with van der Waals surface area (Å²) < 4.78 is 30.0. The predicted molar refractivity (Wildman–Crippen MR) is 120 cm³/mol. The summed E-state index contributed by atoms with van der Waals surface area (Å²) in [6.45, 7) is 3.44. The highest BCUT2D eigenvalue weighted by Crippen LogP contribution is 2.41. The predicted octanol–water partition coefficient (Wildman–Crippen LogP) is 3.00. The van der Waals surface area contributed by atoms with E-state index in [9.17, 15) is 9.18 Å². The van der Waals surface area contributed by atoms with Gasteiger partial charge in [-0.1, -0.05) is 5.16 Å². The SMILES string of the molecule is COc1ccc(F)cc1CC1(NC(=O)c2cc(N3CCOC(c4noc(C)n4)C3)ccn2)CC1. The molecule has 1 aromatic carbocycles. The topological polar surface area (TPSA) is 103 Å². The molecule has 5 rings (SSSR count). The molecule has 0 spiro atoms. The molecule has 178 valence electrons. The fourth-order valence-electron chi connectivity index (χ4n) is 4.28. The monoisotopic (exact) mass is 467 g/mol. The number of hydrogen-bond acceptors (Lipinski definition) is 8. The highest BCUT2D eigenvalue weighted by molar-refractivity contribution is 5.94. The molecule has 10 heteroatoms. The van der Waals surface area contributed by atoms with Gasteiger partial charge in [-0.25, -0.2) is 4.39 Å². The minimum absolute atomic E-state index is 0.256. The van der Waals surface area contributed by atoms with E-state index in [4.69, 9.17) is 14.0 Å². The number of benzene rings is 1. The number of nitrogens with one attached hydrogen (secondary N) is 1. The molecule has 2 aromatic heterocycles. The van der Waals surface area contributed by atoms with Crippen LogP contribution in [-0.4, -0.2) is 53.4 Å². The van der Waals surface area contributed by atoms with Crippen LogP contribution >= 0.6 is 0 Å². The number of carbonyl (C=O) groups excluding carboxylic acids is 1. The smallest absolute Gasteiger partial charge is 0.270 e. The molecule has 3 aromatic rings. The highest BCUT2D eigenvalue weighted by atomic mass is 19.1. The van der Waals surface area contributed by atoms with Crippen LogP contribution in [0.5, 0.6) is 5.75 Å². The summed E-state index contributed by atoms with van der Waals surface area (Å²) >= 11 is 0. The lowest BCUT2D eigenvalue weighted by Gasteiger charge is -2.33. The number of pyridine rings is 1. The van der Waals surface area contributed by atoms with Crippen molar-refractivity contribution in [2.75, 3.05) is 31.7 Å². The van der Waals surface area contributed by atoms with Crippen molar-refractivity contribution in [1.29, 1.82) is 0 Å². The van der Waals surface area contributed by atoms with Gasteiger partial charge in [0.05, 0.1) is 20.3 Å². The van der Waals surface area contributed by atoms with Crippen LogP contribution < -0.4 is 15.0 Å². The number of aromatic nitrogens is 3. The molecule has 1 atom stereocenters. The zero-order chi connectivity index (χ0) is 23.7. The lowest BCUT2D eigenvalue weighted by molar-refractivity contribution is 0.0326. The van der Waals surface area contributed by atoms with Gasteiger partial charge in [0.25, 0.3) is 5.91 Å². The number of aryl methyl sites for hydroxylation is 1. The van der Waals surface area contributed by atoms with E-state index in [1.54, 1.807) is 32.4 Å². The fourth-order valence-corrected chi connectivity index (χ4v) is 4.28. The summed E-state index contributed by atoms with van der Waals surface area (Å²) in [5.41, 5.74) is 1.51. The zero-order valence-electron chi connectivity index (χ0n) is 19.1. The Hall–Kier alpha value is -3.53. The molecule has 1 aliphatic heterocycles. The number of methoxy groups -OCH3 is 1. The zero-order valence-corrected chi connectivity index (χ0v) is 19.1. The summed E-state index contributed by atoms with van der Waals surface area (Å²) in [5.74, 6) is 1.03. The van der Waals surface area contributed by atoms with Crippen molar-refractivity contribution >= 4 is 11.6 Å². The number of carbonyl (C=O) groups is 1. The summed E-state index contributed by atoms with van der Waals surface area (Å²) in [7, 11) is 1.56. The molecule has 1 amide bonds. The van der Waals surface area contributed by atoms with E-state index in [0.29, 0.717) is 49.3 Å². The molecule has 1 aliphatic carbocycles. The number of hydrogen-bond donors (Lipinski definition) is 1. The van der Waals surface area contributed by atoms with Gasteiger partial charge in [-0.05, 0) is 55.2 Å². The third kappa shape index (κ3) is 4.72. The van der Waals surface area contributed by atoms with Crippen molar-refractivity contribution in [2.45, 2.75) is 37.8 Å². The van der Waals surface area contributed by atoms with Gasteiger partial charge in [-0.2, -0.15) is 4.98 Å². The van der Waals surface area contributed by atoms with Gasteiger partial charge in [0.1, 0.15) is 23.4 Å². The average molecular weight is 468 g/mol. The van der Waals surface area contributed by atoms with Gasteiger partial charge in [-0.3, -0.25) is 9.78 Å². The first-order valence-corrected chi connectivity index (χ1v) is 11.2. The van der Waals surface area contributed by atoms with E-state index < -0.39 is 5.54 Å². The average Bonchev–Trinajstić information content (AvgIpc) is 3.45. The second kappa shape index (κ2) is 9.02. The standard InChI is InChI=1S/C24H26FN5O4/c1-15-27-22(29-34-15)21-14-30(9-10-33-21)18-5-8-26-19(12-18)23(31)28-24(6-7-24)13-16-11-17(25)3-4-20(16)32-2/h3-5,8,11-12,21H,6-7,9-10,13-14H2,1-2H3,(H,28,31). The maximum absolute atomic E-state index is 13.8. The maximum Gasteiger partial charge on any atom is 0.270 e. The van der Waals surface area contributed by atoms with Gasteiger partial charge in [0, 0.05) is 30.9 Å². The number of nitrogens with zero attached hydrogens (tertiary/aromatic N) is 4. The minimum atomic E-state index is -0.420. The Morgan fingerprint density at radius 1 is 1.32 bits per heavy atom. The lowest BCUT2D eigenvalue weighted by Crippen LogP contribution is -2.40. The Balaban J connectivity index is 1.28. The second-order valence-electron chi connectivity index (χ2n) is 8.74. The van der Waals surface area contributed by atoms with Crippen molar-refractivity contribution in [2.24, 2.45) is 0 Å². The number of anilines is 1. The van der Waals surface area contributed by atoms with E-state index in [-0.39, 0.29) is 17.8 Å². The molecule has 1 saturated heterocycles. The first-order chi connectivity index (χ1) is 16.4. The summed E-state index contributed by atoms with van der Waals surface area (Å²) in [6, 6.07) is 8.08. The largest absolute Gasteiger partial charge is 0.496 e. The molecular formula is C24H26FN5O4. The van der Waals surface area contributed by atoms with Crippen molar-refractivity contribution in [3.63, 3.8) is 0 Å². The fraction of sp³-hybridized carbons (Fsp3) is 0.417. The molecule has 1 saturated carbocycles. The van der Waals surface area contributed by atoms with Crippen LogP contribution in [0, 0.1) is 12.7 Å². The molecule has 2 aliphatic rings. The first-order valence-electron chi connectivity index (χ1n) is 11.2. The third-order valence-corrected chi connectivity index (χ3v) is 6.24. The van der Waals surface area contributed by atoms with Gasteiger partial charge in [-0.15, -0.1) is 0 Å². The Morgan fingerprint density at radius 2 is 2.18 bits per heavy atom. The van der Waals surface area contributed by atoms with Crippen LogP contribution in [0.25, 0.3) is 0 Å². The Bertz CT molecular complexity index is 1200. The van der Waals surface area contributed by atoms with Crippen LogP contribution in [0.4, 0.5) is 10.1 Å². The molecule has 1 unspecified atom stereocenters. The Labute approximate surface area is 196 Å². The van der Waals surface area contributed by atoms with Crippen LogP contribution in [0.1, 0.15) is 46.7 Å². The van der Waals surface area contributed by atoms with Crippen LogP contribution in [0.3, 0.4) is 0 Å². The Morgan fingerprint density at radius 3 is 2.91 bits per heavy atom. The third-order valence-electron chi connectivity index (χ3n) is 6.24. The normalized spacial score (nSPS) is 19.0. The van der Waals surface area contributed by atoms with Crippen molar-refractivity contribution in [3.05, 3.63) is 65.3 Å². The van der Waals surface area contributed by atoms with Crippen molar-refractivity contribution < 1.29 is 23.2 Å². The van der Waals surface area contributed by atoms with Gasteiger partial charge < -0.3 is 24.2 Å². The van der Waals surface area contributed by atoms with E-state index >= 15 is 0 Å².